The number of hydrogen-bond acceptors (Lipinski definition) is 1. The molecule has 0 bridgehead atoms. The Morgan fingerprint density at radius 2 is 1.63 bits per heavy atom. The second-order valence-electron chi connectivity index (χ2n) is 4.28. The van der Waals surface area contributed by atoms with Crippen LogP contribution >= 0.6 is 34.8 Å². The minimum absolute atomic E-state index is 0.0972. The van der Waals surface area contributed by atoms with Gasteiger partial charge >= 0.3 is 0 Å². The molecule has 98 valence electrons. The van der Waals surface area contributed by atoms with E-state index in [1.807, 2.05) is 13.0 Å². The van der Waals surface area contributed by atoms with Gasteiger partial charge in [-0.05, 0) is 42.3 Å². The first-order chi connectivity index (χ1) is 8.99. The molecular formula is C15H11Cl3O. The van der Waals surface area contributed by atoms with Gasteiger partial charge in [0, 0.05) is 22.0 Å². The van der Waals surface area contributed by atoms with Gasteiger partial charge in [0.2, 0.25) is 0 Å². The zero-order valence-corrected chi connectivity index (χ0v) is 12.5. The van der Waals surface area contributed by atoms with E-state index in [0.29, 0.717) is 26.2 Å². The fourth-order valence-corrected chi connectivity index (χ4v) is 2.67. The van der Waals surface area contributed by atoms with E-state index in [1.165, 1.54) is 0 Å². The molecule has 0 amide bonds. The second kappa shape index (κ2) is 5.96. The van der Waals surface area contributed by atoms with Crippen molar-refractivity contribution in [3.05, 3.63) is 68.2 Å². The lowest BCUT2D eigenvalue weighted by atomic mass is 10.0. The lowest BCUT2D eigenvalue weighted by Crippen LogP contribution is -2.05. The Balaban J connectivity index is 2.31. The molecule has 0 saturated carbocycles. The van der Waals surface area contributed by atoms with Gasteiger partial charge in [0.1, 0.15) is 0 Å². The van der Waals surface area contributed by atoms with E-state index in [0.717, 1.165) is 5.56 Å². The maximum Gasteiger partial charge on any atom is 0.168 e. The summed E-state index contributed by atoms with van der Waals surface area (Å²) in [4.78, 5) is 12.2. The summed E-state index contributed by atoms with van der Waals surface area (Å²) in [6.07, 6.45) is 0.140. The number of carbonyl (C=O) groups excluding carboxylic acids is 1. The van der Waals surface area contributed by atoms with Crippen molar-refractivity contribution in [3.63, 3.8) is 0 Å². The number of carbonyl (C=O) groups is 1. The summed E-state index contributed by atoms with van der Waals surface area (Å²) < 4.78 is 0. The SMILES string of the molecule is Cc1ccc(C(=O)Cc2c(Cl)cccc2Cl)c(Cl)c1. The molecule has 0 aromatic heterocycles. The summed E-state index contributed by atoms with van der Waals surface area (Å²) in [5.74, 6) is -0.0972. The van der Waals surface area contributed by atoms with Crippen molar-refractivity contribution in [2.45, 2.75) is 13.3 Å². The summed E-state index contributed by atoms with van der Waals surface area (Å²) in [5, 5.41) is 1.43. The molecule has 0 N–H and O–H groups in total. The van der Waals surface area contributed by atoms with Crippen molar-refractivity contribution in [3.8, 4) is 0 Å². The molecule has 0 aliphatic heterocycles. The van der Waals surface area contributed by atoms with Crippen molar-refractivity contribution in [1.82, 2.24) is 0 Å². The molecule has 0 atom stereocenters. The highest BCUT2D eigenvalue weighted by Crippen LogP contribution is 2.27. The lowest BCUT2D eigenvalue weighted by molar-refractivity contribution is 0.0993. The maximum atomic E-state index is 12.2. The average molecular weight is 314 g/mol. The van der Waals surface area contributed by atoms with Crippen LogP contribution in [0.2, 0.25) is 15.1 Å². The summed E-state index contributed by atoms with van der Waals surface area (Å²) >= 11 is 18.2. The smallest absolute Gasteiger partial charge is 0.168 e. The molecule has 1 nitrogen and oxygen atoms in total. The van der Waals surface area contributed by atoms with Gasteiger partial charge in [0.25, 0.3) is 0 Å². The van der Waals surface area contributed by atoms with Gasteiger partial charge in [-0.25, -0.2) is 0 Å². The Labute approximate surface area is 127 Å². The first-order valence-electron chi connectivity index (χ1n) is 5.71. The van der Waals surface area contributed by atoms with E-state index in [1.54, 1.807) is 30.3 Å². The third kappa shape index (κ3) is 3.30. The highest BCUT2D eigenvalue weighted by Gasteiger charge is 2.15. The molecule has 0 fully saturated rings. The fourth-order valence-electron chi connectivity index (χ4n) is 1.80. The van der Waals surface area contributed by atoms with Crippen molar-refractivity contribution in [2.75, 3.05) is 0 Å². The summed E-state index contributed by atoms with van der Waals surface area (Å²) in [7, 11) is 0. The van der Waals surface area contributed by atoms with Crippen molar-refractivity contribution in [1.29, 1.82) is 0 Å². The molecular weight excluding hydrogens is 303 g/mol. The molecule has 4 heteroatoms. The molecule has 2 rings (SSSR count). The molecule has 0 aliphatic rings. The van der Waals surface area contributed by atoms with Crippen molar-refractivity contribution >= 4 is 40.6 Å². The van der Waals surface area contributed by atoms with Crippen LogP contribution in [0.3, 0.4) is 0 Å². The van der Waals surface area contributed by atoms with Gasteiger partial charge in [0.15, 0.2) is 5.78 Å². The number of halogens is 3. The topological polar surface area (TPSA) is 17.1 Å². The molecule has 0 radical (unpaired) electrons. The third-order valence-corrected chi connectivity index (χ3v) is 3.84. The predicted molar refractivity (Wildman–Crippen MR) is 80.7 cm³/mol. The summed E-state index contributed by atoms with van der Waals surface area (Å²) in [6.45, 7) is 1.92. The fraction of sp³-hybridized carbons (Fsp3) is 0.133. The second-order valence-corrected chi connectivity index (χ2v) is 5.51. The van der Waals surface area contributed by atoms with E-state index < -0.39 is 0 Å². The largest absolute Gasteiger partial charge is 0.294 e. The molecule has 2 aromatic carbocycles. The number of ketones is 1. The van der Waals surface area contributed by atoms with Gasteiger partial charge in [-0.1, -0.05) is 46.9 Å². The highest BCUT2D eigenvalue weighted by atomic mass is 35.5. The first-order valence-corrected chi connectivity index (χ1v) is 6.84. The van der Waals surface area contributed by atoms with E-state index in [4.69, 9.17) is 34.8 Å². The standard InChI is InChI=1S/C15H11Cl3O/c1-9-5-6-10(14(18)7-9)15(19)8-11-12(16)3-2-4-13(11)17/h2-7H,8H2,1H3. The zero-order chi connectivity index (χ0) is 14.0. The normalized spacial score (nSPS) is 10.5. The first kappa shape index (κ1) is 14.4. The Bertz CT molecular complexity index is 615. The van der Waals surface area contributed by atoms with Crippen molar-refractivity contribution < 1.29 is 4.79 Å². The lowest BCUT2D eigenvalue weighted by Gasteiger charge is -2.08. The number of aryl methyl sites for hydroxylation is 1. The monoisotopic (exact) mass is 312 g/mol. The van der Waals surface area contributed by atoms with Crippen LogP contribution in [-0.4, -0.2) is 5.78 Å². The van der Waals surface area contributed by atoms with E-state index in [9.17, 15) is 4.79 Å². The van der Waals surface area contributed by atoms with Crippen molar-refractivity contribution in [2.24, 2.45) is 0 Å². The van der Waals surface area contributed by atoms with Crippen LogP contribution in [0.1, 0.15) is 21.5 Å². The van der Waals surface area contributed by atoms with Crippen LogP contribution in [0, 0.1) is 6.92 Å². The molecule has 0 unspecified atom stereocenters. The van der Waals surface area contributed by atoms with E-state index in [2.05, 4.69) is 0 Å². The molecule has 2 aromatic rings. The summed E-state index contributed by atoms with van der Waals surface area (Å²) in [6, 6.07) is 10.5. The van der Waals surface area contributed by atoms with Gasteiger partial charge in [-0.15, -0.1) is 0 Å². The van der Waals surface area contributed by atoms with Gasteiger partial charge in [-0.3, -0.25) is 4.79 Å². The Morgan fingerprint density at radius 1 is 1.00 bits per heavy atom. The van der Waals surface area contributed by atoms with Gasteiger partial charge in [-0.2, -0.15) is 0 Å². The van der Waals surface area contributed by atoms with Crippen LogP contribution in [0.4, 0.5) is 0 Å². The Hall–Kier alpha value is -1.02. The van der Waals surface area contributed by atoms with Gasteiger partial charge in [0.05, 0.1) is 5.02 Å². The highest BCUT2D eigenvalue weighted by molar-refractivity contribution is 6.37. The summed E-state index contributed by atoms with van der Waals surface area (Å²) in [5.41, 5.74) is 2.13. The number of hydrogen-bond donors (Lipinski definition) is 0. The van der Waals surface area contributed by atoms with Gasteiger partial charge < -0.3 is 0 Å². The number of benzene rings is 2. The minimum atomic E-state index is -0.0972. The maximum absolute atomic E-state index is 12.2. The number of rotatable bonds is 3. The van der Waals surface area contributed by atoms with Crippen LogP contribution < -0.4 is 0 Å². The van der Waals surface area contributed by atoms with E-state index >= 15 is 0 Å². The average Bonchev–Trinajstić information content (AvgIpc) is 2.33. The Kier molecular flexibility index (Phi) is 4.51. The predicted octanol–water partition coefficient (Wildman–Crippen LogP) is 5.38. The molecule has 0 saturated heterocycles. The molecule has 0 aliphatic carbocycles. The van der Waals surface area contributed by atoms with Crippen LogP contribution in [0.5, 0.6) is 0 Å². The molecule has 0 spiro atoms. The van der Waals surface area contributed by atoms with Crippen LogP contribution in [0.25, 0.3) is 0 Å². The number of Topliss-reactive ketones (excluding diaryl/α,β-unsaturated/α-hetero) is 1. The van der Waals surface area contributed by atoms with Crippen LogP contribution in [0.15, 0.2) is 36.4 Å². The minimum Gasteiger partial charge on any atom is -0.294 e. The molecule has 0 heterocycles. The zero-order valence-electron chi connectivity index (χ0n) is 10.2. The van der Waals surface area contributed by atoms with Crippen LogP contribution in [-0.2, 0) is 6.42 Å². The Morgan fingerprint density at radius 3 is 2.21 bits per heavy atom. The quantitative estimate of drug-likeness (QED) is 0.695. The third-order valence-electron chi connectivity index (χ3n) is 2.82. The van der Waals surface area contributed by atoms with E-state index in [-0.39, 0.29) is 12.2 Å². The molecule has 19 heavy (non-hydrogen) atoms.